The van der Waals surface area contributed by atoms with Crippen LogP contribution in [0.4, 0.5) is 0 Å². The maximum absolute atomic E-state index is 6.44. The Morgan fingerprint density at radius 1 is 1.07 bits per heavy atom. The zero-order valence-electron chi connectivity index (χ0n) is 10.4. The molecule has 2 N–H and O–H groups in total. The summed E-state index contributed by atoms with van der Waals surface area (Å²) in [6.45, 7) is 12.1. The molecule has 0 aromatic heterocycles. The summed E-state index contributed by atoms with van der Waals surface area (Å²) in [5, 5.41) is 6.86. The van der Waals surface area contributed by atoms with Crippen LogP contribution >= 0.6 is 0 Å². The molecule has 2 rings (SSSR count). The van der Waals surface area contributed by atoms with Crippen molar-refractivity contribution in [2.24, 2.45) is 5.41 Å². The second kappa shape index (κ2) is 3.44. The Hall–Kier alpha value is -0.120. The van der Waals surface area contributed by atoms with Gasteiger partial charge in [-0.05, 0) is 12.8 Å². The van der Waals surface area contributed by atoms with Crippen LogP contribution in [0.1, 0.15) is 40.5 Å². The lowest BCUT2D eigenvalue weighted by atomic mass is 9.69. The van der Waals surface area contributed by atoms with E-state index in [1.807, 2.05) is 0 Å². The van der Waals surface area contributed by atoms with Gasteiger partial charge in [-0.25, -0.2) is 0 Å². The fourth-order valence-electron chi connectivity index (χ4n) is 2.99. The highest BCUT2D eigenvalue weighted by molar-refractivity contribution is 5.06. The fourth-order valence-corrected chi connectivity index (χ4v) is 2.99. The minimum absolute atomic E-state index is 0.0420. The molecule has 0 radical (unpaired) electrons. The summed E-state index contributed by atoms with van der Waals surface area (Å²) in [6.07, 6.45) is 2.19. The Morgan fingerprint density at radius 3 is 2.07 bits per heavy atom. The summed E-state index contributed by atoms with van der Waals surface area (Å²) in [5.41, 5.74) is 0.194. The Kier molecular flexibility index (Phi) is 2.61. The van der Waals surface area contributed by atoms with Gasteiger partial charge >= 0.3 is 0 Å². The molecule has 2 fully saturated rings. The SMILES string of the molecule is CCC1(CC)OC2(CNC2)NCC1(C)C. The highest BCUT2D eigenvalue weighted by atomic mass is 16.5. The van der Waals surface area contributed by atoms with Gasteiger partial charge in [0, 0.05) is 25.0 Å². The molecule has 2 aliphatic rings. The van der Waals surface area contributed by atoms with Crippen LogP contribution in [0.15, 0.2) is 0 Å². The summed E-state index contributed by atoms with van der Waals surface area (Å²) in [7, 11) is 0. The molecule has 1 spiro atoms. The van der Waals surface area contributed by atoms with Crippen LogP contribution in [0.5, 0.6) is 0 Å². The van der Waals surface area contributed by atoms with Crippen LogP contribution in [0.25, 0.3) is 0 Å². The Morgan fingerprint density at radius 2 is 1.67 bits per heavy atom. The molecule has 0 unspecified atom stereocenters. The zero-order valence-corrected chi connectivity index (χ0v) is 10.4. The van der Waals surface area contributed by atoms with Gasteiger partial charge in [0.25, 0.3) is 0 Å². The van der Waals surface area contributed by atoms with Crippen molar-refractivity contribution < 1.29 is 4.74 Å². The summed E-state index contributed by atoms with van der Waals surface area (Å²) < 4.78 is 6.44. The van der Waals surface area contributed by atoms with Crippen molar-refractivity contribution >= 4 is 0 Å². The summed E-state index contributed by atoms with van der Waals surface area (Å²) in [5.74, 6) is 0. The van der Waals surface area contributed by atoms with Crippen LogP contribution in [0.3, 0.4) is 0 Å². The lowest BCUT2D eigenvalue weighted by Gasteiger charge is -2.60. The van der Waals surface area contributed by atoms with Gasteiger partial charge in [0.05, 0.1) is 5.60 Å². The molecule has 0 amide bonds. The van der Waals surface area contributed by atoms with E-state index in [1.54, 1.807) is 0 Å². The van der Waals surface area contributed by atoms with Crippen LogP contribution in [0.2, 0.25) is 0 Å². The van der Waals surface area contributed by atoms with Crippen molar-refractivity contribution in [2.75, 3.05) is 19.6 Å². The number of hydrogen-bond acceptors (Lipinski definition) is 3. The molecule has 0 atom stereocenters. The summed E-state index contributed by atoms with van der Waals surface area (Å²) in [4.78, 5) is 0. The van der Waals surface area contributed by atoms with Crippen LogP contribution in [-0.2, 0) is 4.74 Å². The van der Waals surface area contributed by atoms with Gasteiger partial charge in [-0.3, -0.25) is 5.32 Å². The van der Waals surface area contributed by atoms with Crippen LogP contribution < -0.4 is 10.6 Å². The smallest absolute Gasteiger partial charge is 0.145 e. The summed E-state index contributed by atoms with van der Waals surface area (Å²) in [6, 6.07) is 0. The fraction of sp³-hybridized carbons (Fsp3) is 1.00. The van der Waals surface area contributed by atoms with E-state index in [4.69, 9.17) is 4.74 Å². The quantitative estimate of drug-likeness (QED) is 0.727. The Labute approximate surface area is 93.0 Å². The first-order chi connectivity index (χ1) is 6.99. The first-order valence-electron chi connectivity index (χ1n) is 6.15. The van der Waals surface area contributed by atoms with Gasteiger partial charge in [0.15, 0.2) is 0 Å². The maximum atomic E-state index is 6.44. The molecule has 0 aromatic carbocycles. The van der Waals surface area contributed by atoms with Gasteiger partial charge in [0.2, 0.25) is 0 Å². The van der Waals surface area contributed by atoms with Gasteiger partial charge < -0.3 is 10.1 Å². The van der Waals surface area contributed by atoms with Gasteiger partial charge in [-0.1, -0.05) is 27.7 Å². The van der Waals surface area contributed by atoms with Crippen molar-refractivity contribution in [1.29, 1.82) is 0 Å². The number of ether oxygens (including phenoxy) is 1. The Bertz CT molecular complexity index is 242. The molecule has 0 bridgehead atoms. The molecule has 0 aromatic rings. The predicted molar refractivity (Wildman–Crippen MR) is 61.8 cm³/mol. The van der Waals surface area contributed by atoms with Crippen molar-refractivity contribution in [2.45, 2.75) is 51.9 Å². The molecule has 0 saturated carbocycles. The topological polar surface area (TPSA) is 33.3 Å². The van der Waals surface area contributed by atoms with Crippen molar-refractivity contribution in [3.63, 3.8) is 0 Å². The van der Waals surface area contributed by atoms with E-state index in [9.17, 15) is 0 Å². The minimum Gasteiger partial charge on any atom is -0.351 e. The first-order valence-corrected chi connectivity index (χ1v) is 6.15. The average Bonchev–Trinajstić information content (AvgIpc) is 2.16. The lowest BCUT2D eigenvalue weighted by Crippen LogP contribution is -2.77. The number of rotatable bonds is 2. The van der Waals surface area contributed by atoms with E-state index in [2.05, 4.69) is 38.3 Å². The molecule has 2 saturated heterocycles. The molecular formula is C12H24N2O. The molecule has 2 heterocycles. The van der Waals surface area contributed by atoms with E-state index in [0.717, 1.165) is 32.5 Å². The van der Waals surface area contributed by atoms with Crippen LogP contribution in [0, 0.1) is 5.41 Å². The third-order valence-electron chi connectivity index (χ3n) is 4.44. The first kappa shape index (κ1) is 11.4. The van der Waals surface area contributed by atoms with Gasteiger partial charge in [-0.2, -0.15) is 0 Å². The highest BCUT2D eigenvalue weighted by Gasteiger charge is 2.55. The zero-order chi connectivity index (χ0) is 11.2. The average molecular weight is 212 g/mol. The molecule has 0 aliphatic carbocycles. The van der Waals surface area contributed by atoms with Gasteiger partial charge in [0.1, 0.15) is 5.72 Å². The van der Waals surface area contributed by atoms with E-state index < -0.39 is 0 Å². The molecule has 15 heavy (non-hydrogen) atoms. The van der Waals surface area contributed by atoms with Crippen molar-refractivity contribution in [1.82, 2.24) is 10.6 Å². The molecule has 88 valence electrons. The van der Waals surface area contributed by atoms with Crippen molar-refractivity contribution in [3.05, 3.63) is 0 Å². The number of hydrogen-bond donors (Lipinski definition) is 2. The minimum atomic E-state index is -0.0679. The second-order valence-corrected chi connectivity index (χ2v) is 5.64. The normalized spacial score (nSPS) is 31.2. The molecule has 3 heteroatoms. The number of nitrogens with one attached hydrogen (secondary N) is 2. The monoisotopic (exact) mass is 212 g/mol. The van der Waals surface area contributed by atoms with E-state index in [0.29, 0.717) is 0 Å². The third-order valence-corrected chi connectivity index (χ3v) is 4.44. The lowest BCUT2D eigenvalue weighted by molar-refractivity contribution is -0.268. The van der Waals surface area contributed by atoms with E-state index in [-0.39, 0.29) is 16.7 Å². The third kappa shape index (κ3) is 1.52. The largest absolute Gasteiger partial charge is 0.351 e. The predicted octanol–water partition coefficient (Wildman–Crippen LogP) is 1.49. The maximum Gasteiger partial charge on any atom is 0.145 e. The Balaban J connectivity index is 2.22. The molecular weight excluding hydrogens is 188 g/mol. The standard InChI is InChI=1S/C12H24N2O/c1-5-11(6-2)10(3,4)7-14-12(15-11)8-13-9-12/h13-14H,5-9H2,1-4H3. The molecule has 3 nitrogen and oxygen atoms in total. The van der Waals surface area contributed by atoms with Gasteiger partial charge in [-0.15, -0.1) is 0 Å². The van der Waals surface area contributed by atoms with E-state index >= 15 is 0 Å². The summed E-state index contributed by atoms with van der Waals surface area (Å²) >= 11 is 0. The van der Waals surface area contributed by atoms with Crippen molar-refractivity contribution in [3.8, 4) is 0 Å². The van der Waals surface area contributed by atoms with Crippen LogP contribution in [-0.4, -0.2) is 31.0 Å². The molecule has 2 aliphatic heterocycles. The van der Waals surface area contributed by atoms with E-state index in [1.165, 1.54) is 0 Å². The second-order valence-electron chi connectivity index (χ2n) is 5.64. The highest BCUT2D eigenvalue weighted by Crippen LogP contribution is 2.45.